The third kappa shape index (κ3) is 8.93. The molecule has 0 aromatic heterocycles. The van der Waals surface area contributed by atoms with E-state index in [1.165, 1.54) is 24.3 Å². The van der Waals surface area contributed by atoms with Gasteiger partial charge in [-0.1, -0.05) is 31.5 Å². The minimum Gasteiger partial charge on any atom is -1.00 e. The summed E-state index contributed by atoms with van der Waals surface area (Å²) in [6, 6.07) is 12.3. The fourth-order valence-corrected chi connectivity index (χ4v) is 1.44. The zero-order valence-electron chi connectivity index (χ0n) is 12.1. The molecule has 6 heteroatoms. The van der Waals surface area contributed by atoms with Crippen LogP contribution < -0.4 is 24.0 Å². The van der Waals surface area contributed by atoms with Gasteiger partial charge < -0.3 is 35.4 Å². The van der Waals surface area contributed by atoms with Crippen LogP contribution in [0.4, 0.5) is 8.78 Å². The minimum absolute atomic E-state index is 0. The van der Waals surface area contributed by atoms with E-state index < -0.39 is 0 Å². The average molecular weight is 597 g/mol. The van der Waals surface area contributed by atoms with Crippen LogP contribution in [0.1, 0.15) is 37.1 Å². The number of hydrogen-bond acceptors (Lipinski definition) is 0. The fourth-order valence-electron chi connectivity index (χ4n) is 1.44. The number of rotatable bonds is 2. The van der Waals surface area contributed by atoms with Crippen LogP contribution in [0, 0.1) is 17.7 Å². The van der Waals surface area contributed by atoms with Crippen LogP contribution in [0.3, 0.4) is 0 Å². The summed E-state index contributed by atoms with van der Waals surface area (Å²) < 4.78 is 24.5. The maximum atomic E-state index is 12.3. The maximum absolute atomic E-state index is 12.3. The average Bonchev–Trinajstić information content (AvgIpc) is 2.40. The van der Waals surface area contributed by atoms with E-state index in [1.54, 1.807) is 32.0 Å². The second-order valence-electron chi connectivity index (χ2n) is 4.46. The number of hydrogen-bond donors (Lipinski definition) is 0. The standard InChI is InChI=1S/C8H9FN.C8H8FN.HI.Pt/c2*1-6(10)7-2-4-8(9)5-3-7;;/h2-6,10H,1H3;2,4-6,10H,1H3;1H;/q-1;-2;;+4/p-1/t2*6-;;/m10../s1. The third-order valence-electron chi connectivity index (χ3n) is 2.64. The predicted molar refractivity (Wildman–Crippen MR) is 77.1 cm³/mol. The molecule has 0 aliphatic rings. The van der Waals surface area contributed by atoms with Gasteiger partial charge in [0.25, 0.3) is 0 Å². The Morgan fingerprint density at radius 2 is 1.36 bits per heavy atom. The van der Waals surface area contributed by atoms with Gasteiger partial charge in [0.1, 0.15) is 5.82 Å². The molecule has 0 aliphatic carbocycles. The van der Waals surface area contributed by atoms with Crippen LogP contribution >= 0.6 is 0 Å². The van der Waals surface area contributed by atoms with E-state index in [9.17, 15) is 8.78 Å². The van der Waals surface area contributed by atoms with Crippen LogP contribution in [0.15, 0.2) is 42.5 Å². The van der Waals surface area contributed by atoms with Gasteiger partial charge in [-0.3, -0.25) is 4.39 Å². The Hall–Kier alpha value is -0.362. The largest absolute Gasteiger partial charge is 4.00 e. The molecule has 0 fully saturated rings. The van der Waals surface area contributed by atoms with Crippen molar-refractivity contribution < 1.29 is 53.8 Å². The van der Waals surface area contributed by atoms with Crippen molar-refractivity contribution in [1.82, 2.24) is 0 Å². The summed E-state index contributed by atoms with van der Waals surface area (Å²) in [4.78, 5) is 0. The molecule has 2 rings (SSSR count). The molecule has 122 valence electrons. The van der Waals surface area contributed by atoms with Gasteiger partial charge in [-0.15, -0.1) is 24.2 Å². The van der Waals surface area contributed by atoms with Crippen molar-refractivity contribution in [3.05, 3.63) is 82.8 Å². The summed E-state index contributed by atoms with van der Waals surface area (Å²) in [5, 5.41) is 0. The maximum Gasteiger partial charge on any atom is 4.00 e. The molecule has 0 radical (unpaired) electrons. The second-order valence-corrected chi connectivity index (χ2v) is 4.46. The predicted octanol–water partition coefficient (Wildman–Crippen LogP) is 2.68. The first-order chi connectivity index (χ1) is 9.40. The molecule has 2 aromatic rings. The molecule has 2 aromatic carbocycles. The van der Waals surface area contributed by atoms with E-state index in [0.717, 1.165) is 11.1 Å². The van der Waals surface area contributed by atoms with Crippen molar-refractivity contribution in [2.45, 2.75) is 25.9 Å². The van der Waals surface area contributed by atoms with Crippen molar-refractivity contribution >= 4 is 0 Å². The Bertz CT molecular complexity index is 467. The molecule has 0 spiro atoms. The van der Waals surface area contributed by atoms with Crippen molar-refractivity contribution in [3.8, 4) is 0 Å². The van der Waals surface area contributed by atoms with Crippen molar-refractivity contribution in [2.24, 2.45) is 0 Å². The molecule has 0 heterocycles. The first kappa shape index (κ1) is 23.9. The molecule has 0 amide bonds. The zero-order valence-corrected chi connectivity index (χ0v) is 16.6. The summed E-state index contributed by atoms with van der Waals surface area (Å²) in [6.07, 6.45) is 0. The van der Waals surface area contributed by atoms with E-state index in [2.05, 4.69) is 6.07 Å². The number of halogens is 3. The SMILES string of the molecule is C[C@@H]([NH-])c1ccc(F)cc1.C[C@H]([NH-])c1[c-]cc(F)cc1.[I-].[Pt+4]. The Morgan fingerprint density at radius 1 is 0.864 bits per heavy atom. The van der Waals surface area contributed by atoms with Crippen molar-refractivity contribution in [3.63, 3.8) is 0 Å². The summed E-state index contributed by atoms with van der Waals surface area (Å²) >= 11 is 0. The van der Waals surface area contributed by atoms with Crippen LogP contribution in [0.25, 0.3) is 11.5 Å². The molecule has 22 heavy (non-hydrogen) atoms. The number of nitrogens with one attached hydrogen (secondary N) is 2. The number of benzene rings is 2. The van der Waals surface area contributed by atoms with E-state index in [1.807, 2.05) is 0 Å². The fraction of sp³-hybridized carbons (Fsp3) is 0.250. The molecular formula is C16H17F2IN2Pt. The molecule has 2 nitrogen and oxygen atoms in total. The normalized spacial score (nSPS) is 11.9. The molecule has 0 saturated heterocycles. The van der Waals surface area contributed by atoms with Gasteiger partial charge in [-0.05, 0) is 12.1 Å². The van der Waals surface area contributed by atoms with E-state index in [-0.39, 0.29) is 68.8 Å². The Kier molecular flexibility index (Phi) is 13.2. The topological polar surface area (TPSA) is 47.6 Å². The molecule has 0 aliphatic heterocycles. The van der Waals surface area contributed by atoms with Gasteiger partial charge >= 0.3 is 21.1 Å². The van der Waals surface area contributed by atoms with Crippen LogP contribution in [0.5, 0.6) is 0 Å². The van der Waals surface area contributed by atoms with E-state index in [4.69, 9.17) is 11.5 Å². The Labute approximate surface area is 161 Å². The van der Waals surface area contributed by atoms with Gasteiger partial charge in [0.15, 0.2) is 0 Å². The molecule has 0 unspecified atom stereocenters. The van der Waals surface area contributed by atoms with Gasteiger partial charge in [-0.25, -0.2) is 4.39 Å². The summed E-state index contributed by atoms with van der Waals surface area (Å²) in [6.45, 7) is 3.48. The Balaban J connectivity index is 0. The third-order valence-corrected chi connectivity index (χ3v) is 2.64. The van der Waals surface area contributed by atoms with Crippen molar-refractivity contribution in [1.29, 1.82) is 0 Å². The van der Waals surface area contributed by atoms with Crippen LogP contribution in [0.2, 0.25) is 0 Å². The molecule has 2 N–H and O–H groups in total. The van der Waals surface area contributed by atoms with Gasteiger partial charge in [-0.2, -0.15) is 17.7 Å². The summed E-state index contributed by atoms with van der Waals surface area (Å²) in [5.74, 6) is -0.547. The smallest absolute Gasteiger partial charge is 1.00 e. The second kappa shape index (κ2) is 12.1. The van der Waals surface area contributed by atoms with Crippen molar-refractivity contribution in [2.75, 3.05) is 0 Å². The van der Waals surface area contributed by atoms with E-state index in [0.29, 0.717) is 0 Å². The Morgan fingerprint density at radius 3 is 1.73 bits per heavy atom. The molecular weight excluding hydrogens is 580 g/mol. The molecule has 0 bridgehead atoms. The first-order valence-electron chi connectivity index (χ1n) is 6.25. The van der Waals surface area contributed by atoms with Crippen LogP contribution in [-0.2, 0) is 21.1 Å². The van der Waals surface area contributed by atoms with Gasteiger partial charge in [0, 0.05) is 5.82 Å². The minimum atomic E-state index is -0.319. The first-order valence-corrected chi connectivity index (χ1v) is 6.25. The van der Waals surface area contributed by atoms with Gasteiger partial charge in [0.05, 0.1) is 0 Å². The molecule has 2 atom stereocenters. The van der Waals surface area contributed by atoms with E-state index >= 15 is 0 Å². The summed E-state index contributed by atoms with van der Waals surface area (Å²) in [7, 11) is 0. The zero-order chi connectivity index (χ0) is 15.1. The summed E-state index contributed by atoms with van der Waals surface area (Å²) in [5.41, 5.74) is 16.1. The van der Waals surface area contributed by atoms with Gasteiger partial charge in [0.2, 0.25) is 0 Å². The monoisotopic (exact) mass is 597 g/mol. The van der Waals surface area contributed by atoms with Crippen LogP contribution in [-0.4, -0.2) is 0 Å². The molecule has 0 saturated carbocycles. The quantitative estimate of drug-likeness (QED) is 0.378.